The number of thioether (sulfide) groups is 1. The monoisotopic (exact) mass is 473 g/mol. The molecule has 0 radical (unpaired) electrons. The summed E-state index contributed by atoms with van der Waals surface area (Å²) in [7, 11) is 0. The summed E-state index contributed by atoms with van der Waals surface area (Å²) in [6, 6.07) is 25.7. The summed E-state index contributed by atoms with van der Waals surface area (Å²) >= 11 is 7.55. The van der Waals surface area contributed by atoms with Gasteiger partial charge in [-0.05, 0) is 48.7 Å². The zero-order valence-electron chi connectivity index (χ0n) is 17.8. The minimum Gasteiger partial charge on any atom is -0.321 e. The lowest BCUT2D eigenvalue weighted by atomic mass is 10.1. The van der Waals surface area contributed by atoms with Crippen molar-refractivity contribution < 1.29 is 9.59 Å². The molecule has 0 bridgehead atoms. The van der Waals surface area contributed by atoms with Gasteiger partial charge in [0, 0.05) is 10.7 Å². The number of anilines is 2. The van der Waals surface area contributed by atoms with Gasteiger partial charge in [0.1, 0.15) is 16.7 Å². The summed E-state index contributed by atoms with van der Waals surface area (Å²) in [5, 5.41) is 13.1. The summed E-state index contributed by atoms with van der Waals surface area (Å²) in [6.07, 6.45) is 0.383. The van der Waals surface area contributed by atoms with E-state index >= 15 is 0 Å². The molecule has 3 aromatic rings. The largest absolute Gasteiger partial charge is 0.321 e. The first-order chi connectivity index (χ1) is 16.0. The Balaban J connectivity index is 1.76. The standard InChI is InChI=1S/C26H20ClN3O2S/c1-17-9-5-8-14-22(17)30-25(32)23(15-18-10-6-7-13-21(18)27)33-26(30)20(16-28)24(31)29-19-11-3-2-4-12-19/h2-14,23H,15H2,1H3,(H,29,31)/b26-20-/t23-/m0/s1. The van der Waals surface area contributed by atoms with E-state index < -0.39 is 11.2 Å². The summed E-state index contributed by atoms with van der Waals surface area (Å²) in [6.45, 7) is 1.89. The lowest BCUT2D eigenvalue weighted by molar-refractivity contribution is -0.117. The number of carbonyl (C=O) groups is 2. The first kappa shape index (κ1) is 22.7. The number of hydrogen-bond acceptors (Lipinski definition) is 4. The molecule has 7 heteroatoms. The molecule has 0 unspecified atom stereocenters. The van der Waals surface area contributed by atoms with Crippen molar-refractivity contribution in [3.8, 4) is 6.07 Å². The van der Waals surface area contributed by atoms with Crippen LogP contribution in [0.2, 0.25) is 5.02 Å². The number of halogens is 1. The highest BCUT2D eigenvalue weighted by atomic mass is 35.5. The van der Waals surface area contributed by atoms with Crippen LogP contribution in [-0.2, 0) is 16.0 Å². The van der Waals surface area contributed by atoms with Crippen molar-refractivity contribution in [3.63, 3.8) is 0 Å². The highest BCUT2D eigenvalue weighted by Crippen LogP contribution is 2.43. The fraction of sp³-hybridized carbons (Fsp3) is 0.115. The smallest absolute Gasteiger partial charge is 0.269 e. The van der Waals surface area contributed by atoms with Crippen LogP contribution in [0.25, 0.3) is 0 Å². The van der Waals surface area contributed by atoms with E-state index in [0.717, 1.165) is 11.1 Å². The Bertz CT molecular complexity index is 1280. The molecule has 2 amide bonds. The topological polar surface area (TPSA) is 73.2 Å². The van der Waals surface area contributed by atoms with Crippen LogP contribution in [-0.4, -0.2) is 17.1 Å². The number of carbonyl (C=O) groups excluding carboxylic acids is 2. The molecule has 5 nitrogen and oxygen atoms in total. The van der Waals surface area contributed by atoms with Gasteiger partial charge in [-0.2, -0.15) is 5.26 Å². The number of nitrogens with one attached hydrogen (secondary N) is 1. The van der Waals surface area contributed by atoms with Gasteiger partial charge in [-0.15, -0.1) is 0 Å². The minimum atomic E-state index is -0.559. The van der Waals surface area contributed by atoms with Gasteiger partial charge in [0.15, 0.2) is 0 Å². The molecule has 1 aliphatic heterocycles. The van der Waals surface area contributed by atoms with Crippen molar-refractivity contribution >= 4 is 46.6 Å². The summed E-state index contributed by atoms with van der Waals surface area (Å²) in [4.78, 5) is 28.1. The van der Waals surface area contributed by atoms with E-state index in [2.05, 4.69) is 5.32 Å². The van der Waals surface area contributed by atoms with Crippen LogP contribution in [0.5, 0.6) is 0 Å². The van der Waals surface area contributed by atoms with Crippen molar-refractivity contribution in [2.24, 2.45) is 0 Å². The Morgan fingerprint density at radius 3 is 2.42 bits per heavy atom. The van der Waals surface area contributed by atoms with Crippen molar-refractivity contribution in [1.29, 1.82) is 5.26 Å². The maximum Gasteiger partial charge on any atom is 0.269 e. The molecule has 1 N–H and O–H groups in total. The third-order valence-electron chi connectivity index (χ3n) is 5.26. The van der Waals surface area contributed by atoms with Crippen molar-refractivity contribution in [2.45, 2.75) is 18.6 Å². The molecule has 0 spiro atoms. The van der Waals surface area contributed by atoms with Crippen LogP contribution in [0.15, 0.2) is 89.5 Å². The maximum atomic E-state index is 13.6. The molecular formula is C26H20ClN3O2S. The Morgan fingerprint density at radius 2 is 1.73 bits per heavy atom. The van der Waals surface area contributed by atoms with Gasteiger partial charge in [-0.3, -0.25) is 14.5 Å². The first-order valence-corrected chi connectivity index (χ1v) is 11.6. The van der Waals surface area contributed by atoms with Crippen molar-refractivity contribution in [1.82, 2.24) is 0 Å². The second kappa shape index (κ2) is 9.95. The Morgan fingerprint density at radius 1 is 1.06 bits per heavy atom. The zero-order chi connectivity index (χ0) is 23.4. The van der Waals surface area contributed by atoms with Crippen molar-refractivity contribution in [3.05, 3.63) is 106 Å². The number of para-hydroxylation sites is 2. The second-order valence-electron chi connectivity index (χ2n) is 7.47. The number of benzene rings is 3. The second-order valence-corrected chi connectivity index (χ2v) is 9.07. The maximum absolute atomic E-state index is 13.6. The van der Waals surface area contributed by atoms with Crippen LogP contribution < -0.4 is 10.2 Å². The van der Waals surface area contributed by atoms with Gasteiger partial charge in [0.25, 0.3) is 5.91 Å². The van der Waals surface area contributed by atoms with Gasteiger partial charge >= 0.3 is 0 Å². The van der Waals surface area contributed by atoms with Crippen LogP contribution in [0.3, 0.4) is 0 Å². The third kappa shape index (κ3) is 4.80. The van der Waals surface area contributed by atoms with Gasteiger partial charge in [-0.1, -0.05) is 78.0 Å². The number of hydrogen-bond donors (Lipinski definition) is 1. The Labute approximate surface area is 201 Å². The SMILES string of the molecule is Cc1ccccc1N1C(=O)[C@H](Cc2ccccc2Cl)S/C1=C(/C#N)C(=O)Nc1ccccc1. The summed E-state index contributed by atoms with van der Waals surface area (Å²) in [5.74, 6) is -0.750. The van der Waals surface area contributed by atoms with Crippen LogP contribution in [0, 0.1) is 18.3 Å². The molecular weight excluding hydrogens is 454 g/mol. The number of aryl methyl sites for hydroxylation is 1. The highest BCUT2D eigenvalue weighted by Gasteiger charge is 2.41. The van der Waals surface area contributed by atoms with E-state index in [4.69, 9.17) is 11.6 Å². The van der Waals surface area contributed by atoms with Crippen LogP contribution >= 0.6 is 23.4 Å². The molecule has 1 saturated heterocycles. The summed E-state index contributed by atoms with van der Waals surface area (Å²) in [5.41, 5.74) is 2.81. The average molecular weight is 474 g/mol. The fourth-order valence-corrected chi connectivity index (χ4v) is 5.10. The molecule has 33 heavy (non-hydrogen) atoms. The van der Waals surface area contributed by atoms with Gasteiger partial charge < -0.3 is 5.32 Å². The summed E-state index contributed by atoms with van der Waals surface area (Å²) < 4.78 is 0. The fourth-order valence-electron chi connectivity index (χ4n) is 3.60. The molecule has 1 fully saturated rings. The predicted molar refractivity (Wildman–Crippen MR) is 133 cm³/mol. The van der Waals surface area contributed by atoms with Crippen molar-refractivity contribution in [2.75, 3.05) is 10.2 Å². The van der Waals surface area contributed by atoms with Gasteiger partial charge in [0.2, 0.25) is 5.91 Å². The van der Waals surface area contributed by atoms with E-state index in [1.165, 1.54) is 16.7 Å². The number of nitrogens with zero attached hydrogens (tertiary/aromatic N) is 2. The van der Waals surface area contributed by atoms with E-state index in [1.807, 2.05) is 61.5 Å². The van der Waals surface area contributed by atoms with Crippen LogP contribution in [0.4, 0.5) is 11.4 Å². The Hall–Kier alpha value is -3.53. The molecule has 164 valence electrons. The lowest BCUT2D eigenvalue weighted by Gasteiger charge is -2.20. The molecule has 1 atom stereocenters. The number of nitriles is 1. The lowest BCUT2D eigenvalue weighted by Crippen LogP contribution is -2.31. The number of rotatable bonds is 5. The first-order valence-electron chi connectivity index (χ1n) is 10.3. The zero-order valence-corrected chi connectivity index (χ0v) is 19.4. The minimum absolute atomic E-state index is 0.109. The van der Waals surface area contributed by atoms with E-state index in [9.17, 15) is 14.9 Å². The highest BCUT2D eigenvalue weighted by molar-refractivity contribution is 8.05. The molecule has 0 aromatic heterocycles. The quantitative estimate of drug-likeness (QED) is 0.380. The van der Waals surface area contributed by atoms with E-state index in [1.54, 1.807) is 30.3 Å². The normalized spacial score (nSPS) is 16.9. The molecule has 1 heterocycles. The third-order valence-corrected chi connectivity index (χ3v) is 6.89. The molecule has 3 aromatic carbocycles. The average Bonchev–Trinajstić information content (AvgIpc) is 3.12. The van der Waals surface area contributed by atoms with E-state index in [-0.39, 0.29) is 11.5 Å². The molecule has 0 saturated carbocycles. The van der Waals surface area contributed by atoms with Gasteiger partial charge in [-0.25, -0.2) is 0 Å². The van der Waals surface area contributed by atoms with E-state index in [0.29, 0.717) is 27.8 Å². The molecule has 4 rings (SSSR count). The molecule has 0 aliphatic carbocycles. The van der Waals surface area contributed by atoms with Crippen LogP contribution in [0.1, 0.15) is 11.1 Å². The predicted octanol–water partition coefficient (Wildman–Crippen LogP) is 5.71. The van der Waals surface area contributed by atoms with Gasteiger partial charge in [0.05, 0.1) is 10.9 Å². The number of amides is 2. The molecule has 1 aliphatic rings. The Kier molecular flexibility index (Phi) is 6.83.